The minimum atomic E-state index is -4.43. The summed E-state index contributed by atoms with van der Waals surface area (Å²) in [5.74, 6) is 1.44. The Bertz CT molecular complexity index is 819. The molecule has 0 saturated heterocycles. The van der Waals surface area contributed by atoms with E-state index in [0.717, 1.165) is 0 Å². The van der Waals surface area contributed by atoms with Crippen LogP contribution in [0.1, 0.15) is 30.9 Å². The van der Waals surface area contributed by atoms with E-state index >= 15 is 0 Å². The molecule has 0 amide bonds. The number of aliphatic hydroxyl groups is 1. The Balaban J connectivity index is 2.00. The van der Waals surface area contributed by atoms with Gasteiger partial charge in [-0.25, -0.2) is 9.98 Å². The van der Waals surface area contributed by atoms with E-state index in [1.807, 2.05) is 6.92 Å². The molecule has 0 spiro atoms. The number of aryl methyl sites for hydroxylation is 1. The van der Waals surface area contributed by atoms with Crippen LogP contribution in [0.25, 0.3) is 0 Å². The third kappa shape index (κ3) is 7.65. The van der Waals surface area contributed by atoms with Crippen LogP contribution in [0, 0.1) is 6.92 Å². The molecule has 3 N–H and O–H groups in total. The average Bonchev–Trinajstić information content (AvgIpc) is 3.09. The van der Waals surface area contributed by atoms with Crippen LogP contribution in [0.4, 0.5) is 13.2 Å². The Kier molecular flexibility index (Phi) is 7.49. The zero-order chi connectivity index (χ0) is 21.5. The number of ether oxygens (including phenoxy) is 1. The van der Waals surface area contributed by atoms with E-state index in [-0.39, 0.29) is 19.0 Å². The summed E-state index contributed by atoms with van der Waals surface area (Å²) in [6.45, 7) is 4.81. The molecule has 160 valence electrons. The van der Waals surface area contributed by atoms with Crippen LogP contribution in [-0.4, -0.2) is 41.9 Å². The van der Waals surface area contributed by atoms with Gasteiger partial charge in [-0.3, -0.25) is 0 Å². The number of hydrogen-bond acceptors (Lipinski definition) is 5. The molecule has 0 aliphatic heterocycles. The van der Waals surface area contributed by atoms with Gasteiger partial charge >= 0.3 is 6.18 Å². The van der Waals surface area contributed by atoms with Crippen molar-refractivity contribution in [2.45, 2.75) is 39.1 Å². The molecule has 2 heterocycles. The van der Waals surface area contributed by atoms with Gasteiger partial charge in [0.05, 0.1) is 13.1 Å². The van der Waals surface area contributed by atoms with Gasteiger partial charge in [-0.15, -0.1) is 0 Å². The number of nitrogens with zero attached hydrogens (tertiary/aromatic N) is 2. The summed E-state index contributed by atoms with van der Waals surface area (Å²) in [5, 5.41) is 16.7. The van der Waals surface area contributed by atoms with Gasteiger partial charge in [-0.05, 0) is 44.5 Å². The van der Waals surface area contributed by atoms with Crippen LogP contribution in [-0.2, 0) is 12.1 Å². The fraction of sp³-hybridized carbons (Fsp3) is 0.474. The molecular formula is C19H25F3N4O3. The molecule has 1 unspecified atom stereocenters. The summed E-state index contributed by atoms with van der Waals surface area (Å²) < 4.78 is 46.9. The second-order valence-electron chi connectivity index (χ2n) is 6.64. The molecular weight excluding hydrogens is 389 g/mol. The third-order valence-electron chi connectivity index (χ3n) is 3.82. The first-order valence-electron chi connectivity index (χ1n) is 9.05. The molecule has 2 aromatic heterocycles. The van der Waals surface area contributed by atoms with Gasteiger partial charge in [0.1, 0.15) is 17.1 Å². The lowest BCUT2D eigenvalue weighted by Crippen LogP contribution is -2.44. The van der Waals surface area contributed by atoms with Crippen LogP contribution in [0.5, 0.6) is 5.88 Å². The van der Waals surface area contributed by atoms with E-state index in [2.05, 4.69) is 25.3 Å². The molecule has 1 atom stereocenters. The number of pyridine rings is 1. The smallest absolute Gasteiger partial charge is 0.422 e. The first kappa shape index (κ1) is 22.5. The number of aliphatic imine (C=N–C) groups is 1. The van der Waals surface area contributed by atoms with E-state index < -0.39 is 18.4 Å². The molecule has 0 aromatic carbocycles. The summed E-state index contributed by atoms with van der Waals surface area (Å²) in [5.41, 5.74) is -0.623. The monoisotopic (exact) mass is 414 g/mol. The zero-order valence-electron chi connectivity index (χ0n) is 16.5. The molecule has 0 radical (unpaired) electrons. The number of guanidine groups is 1. The Morgan fingerprint density at radius 2 is 2.03 bits per heavy atom. The molecule has 2 aromatic rings. The van der Waals surface area contributed by atoms with Crippen molar-refractivity contribution < 1.29 is 27.4 Å². The highest BCUT2D eigenvalue weighted by Gasteiger charge is 2.29. The topological polar surface area (TPSA) is 91.9 Å². The van der Waals surface area contributed by atoms with Crippen molar-refractivity contribution in [3.05, 3.63) is 47.5 Å². The first-order valence-corrected chi connectivity index (χ1v) is 9.05. The van der Waals surface area contributed by atoms with Crippen LogP contribution in [0.15, 0.2) is 39.9 Å². The van der Waals surface area contributed by atoms with Crippen LogP contribution in [0.2, 0.25) is 0 Å². The second kappa shape index (κ2) is 9.64. The second-order valence-corrected chi connectivity index (χ2v) is 6.64. The highest BCUT2D eigenvalue weighted by molar-refractivity contribution is 5.79. The molecule has 7 nitrogen and oxygen atoms in total. The van der Waals surface area contributed by atoms with Gasteiger partial charge in [0, 0.05) is 18.8 Å². The number of rotatable bonds is 8. The average molecular weight is 414 g/mol. The molecule has 0 bridgehead atoms. The predicted octanol–water partition coefficient (Wildman–Crippen LogP) is 2.89. The van der Waals surface area contributed by atoms with Crippen molar-refractivity contribution in [3.8, 4) is 5.88 Å². The first-order chi connectivity index (χ1) is 13.6. The number of aromatic nitrogens is 1. The predicted molar refractivity (Wildman–Crippen MR) is 102 cm³/mol. The number of halogens is 3. The van der Waals surface area contributed by atoms with E-state index in [1.165, 1.54) is 12.3 Å². The van der Waals surface area contributed by atoms with E-state index in [0.29, 0.717) is 29.6 Å². The van der Waals surface area contributed by atoms with Gasteiger partial charge in [0.2, 0.25) is 5.88 Å². The number of hydrogen-bond donors (Lipinski definition) is 3. The maximum atomic E-state index is 12.3. The normalized spacial score (nSPS) is 14.4. The van der Waals surface area contributed by atoms with Crippen LogP contribution in [0.3, 0.4) is 0 Å². The SMILES string of the molecule is CCNC(=NCc1ccnc(OCC(F)(F)F)c1)NCC(C)(O)c1ccc(C)o1. The van der Waals surface area contributed by atoms with Gasteiger partial charge < -0.3 is 24.9 Å². The van der Waals surface area contributed by atoms with Gasteiger partial charge in [0.25, 0.3) is 0 Å². The maximum absolute atomic E-state index is 12.3. The maximum Gasteiger partial charge on any atom is 0.422 e. The number of furan rings is 1. The summed E-state index contributed by atoms with van der Waals surface area (Å²) in [6, 6.07) is 6.52. The number of nitrogens with one attached hydrogen (secondary N) is 2. The molecule has 29 heavy (non-hydrogen) atoms. The Hall–Kier alpha value is -2.75. The highest BCUT2D eigenvalue weighted by Crippen LogP contribution is 2.22. The van der Waals surface area contributed by atoms with Crippen LogP contribution >= 0.6 is 0 Å². The quantitative estimate of drug-likeness (QED) is 0.455. The molecule has 0 fully saturated rings. The van der Waals surface area contributed by atoms with Gasteiger partial charge in [-0.1, -0.05) is 0 Å². The van der Waals surface area contributed by atoms with Gasteiger partial charge in [-0.2, -0.15) is 13.2 Å². The van der Waals surface area contributed by atoms with E-state index in [1.54, 1.807) is 32.0 Å². The molecule has 10 heteroatoms. The minimum Gasteiger partial charge on any atom is -0.468 e. The lowest BCUT2D eigenvalue weighted by Gasteiger charge is -2.22. The largest absolute Gasteiger partial charge is 0.468 e. The fourth-order valence-electron chi connectivity index (χ4n) is 2.36. The van der Waals surface area contributed by atoms with E-state index in [9.17, 15) is 18.3 Å². The summed E-state index contributed by atoms with van der Waals surface area (Å²) in [7, 11) is 0. The van der Waals surface area contributed by atoms with Crippen molar-refractivity contribution in [3.63, 3.8) is 0 Å². The van der Waals surface area contributed by atoms with Gasteiger partial charge in [0.15, 0.2) is 12.6 Å². The summed E-state index contributed by atoms with van der Waals surface area (Å²) in [4.78, 5) is 8.15. The highest BCUT2D eigenvalue weighted by atomic mass is 19.4. The van der Waals surface area contributed by atoms with E-state index in [4.69, 9.17) is 4.42 Å². The third-order valence-corrected chi connectivity index (χ3v) is 3.82. The molecule has 0 aliphatic carbocycles. The lowest BCUT2D eigenvalue weighted by molar-refractivity contribution is -0.154. The minimum absolute atomic E-state index is 0.121. The molecule has 0 saturated carbocycles. The molecule has 0 aliphatic rings. The summed E-state index contributed by atoms with van der Waals surface area (Å²) in [6.07, 6.45) is -3.07. The lowest BCUT2D eigenvalue weighted by atomic mass is 10.0. The molecule has 2 rings (SSSR count). The van der Waals surface area contributed by atoms with Crippen molar-refractivity contribution in [2.75, 3.05) is 19.7 Å². The Morgan fingerprint density at radius 3 is 2.66 bits per heavy atom. The zero-order valence-corrected chi connectivity index (χ0v) is 16.5. The standard InChI is InChI=1S/C19H25F3N4O3/c1-4-23-17(26-11-18(3,27)15-6-5-13(2)29-15)25-10-14-7-8-24-16(9-14)28-12-19(20,21)22/h5-9,27H,4,10-12H2,1-3H3,(H2,23,25,26). The Labute approximate surface area is 167 Å². The number of alkyl halides is 3. The van der Waals surface area contributed by atoms with Crippen molar-refractivity contribution in [2.24, 2.45) is 4.99 Å². The van der Waals surface area contributed by atoms with Crippen molar-refractivity contribution in [1.29, 1.82) is 0 Å². The van der Waals surface area contributed by atoms with Crippen LogP contribution < -0.4 is 15.4 Å². The van der Waals surface area contributed by atoms with Crippen molar-refractivity contribution in [1.82, 2.24) is 15.6 Å². The Morgan fingerprint density at radius 1 is 1.28 bits per heavy atom. The fourth-order valence-corrected chi connectivity index (χ4v) is 2.36. The summed E-state index contributed by atoms with van der Waals surface area (Å²) >= 11 is 0. The van der Waals surface area contributed by atoms with Crippen molar-refractivity contribution >= 4 is 5.96 Å².